The van der Waals surface area contributed by atoms with Gasteiger partial charge in [0, 0.05) is 0 Å². The highest BCUT2D eigenvalue weighted by Gasteiger charge is 2.62. The summed E-state index contributed by atoms with van der Waals surface area (Å²) in [4.78, 5) is 4.12. The Morgan fingerprint density at radius 3 is 1.59 bits per heavy atom. The standard InChI is InChI=1S/C11H20N2O4/c1-12(2)5-8-6(13(3)4)10-7(14)9(5)16-11(15-8)17-10/h5-11,14H,1-4H3/t5-,6+,7?,8?,9?,10?,11?. The molecular weight excluding hydrogens is 224 g/mol. The average molecular weight is 244 g/mol. The molecule has 1 saturated carbocycles. The molecule has 0 aromatic carbocycles. The van der Waals surface area contributed by atoms with Crippen molar-refractivity contribution < 1.29 is 19.3 Å². The highest BCUT2D eigenvalue weighted by molar-refractivity contribution is 5.10. The van der Waals surface area contributed by atoms with E-state index < -0.39 is 12.6 Å². The molecule has 6 heteroatoms. The zero-order valence-corrected chi connectivity index (χ0v) is 10.6. The first-order valence-electron chi connectivity index (χ1n) is 5.98. The molecule has 4 bridgehead atoms. The number of rotatable bonds is 2. The van der Waals surface area contributed by atoms with Crippen molar-refractivity contribution in [1.29, 1.82) is 0 Å². The average Bonchev–Trinajstić information content (AvgIpc) is 2.23. The van der Waals surface area contributed by atoms with Crippen molar-refractivity contribution in [3.63, 3.8) is 0 Å². The quantitative estimate of drug-likeness (QED) is 0.651. The smallest absolute Gasteiger partial charge is 0.272 e. The third-order valence-electron chi connectivity index (χ3n) is 4.02. The summed E-state index contributed by atoms with van der Waals surface area (Å²) in [5.74, 6) is 0. The van der Waals surface area contributed by atoms with Crippen LogP contribution < -0.4 is 0 Å². The minimum absolute atomic E-state index is 0.0194. The molecule has 0 radical (unpaired) electrons. The second kappa shape index (κ2) is 3.88. The molecule has 3 heterocycles. The third-order valence-corrected chi connectivity index (χ3v) is 4.02. The second-order valence-corrected chi connectivity index (χ2v) is 5.49. The molecule has 17 heavy (non-hydrogen) atoms. The van der Waals surface area contributed by atoms with E-state index in [0.717, 1.165) is 0 Å². The predicted octanol–water partition coefficient (Wildman–Crippen LogP) is -1.31. The van der Waals surface area contributed by atoms with Crippen LogP contribution in [-0.4, -0.2) is 86.1 Å². The fourth-order valence-corrected chi connectivity index (χ4v) is 3.31. The van der Waals surface area contributed by atoms with Crippen molar-refractivity contribution in [2.24, 2.45) is 0 Å². The van der Waals surface area contributed by atoms with Gasteiger partial charge in [-0.05, 0) is 28.2 Å². The Morgan fingerprint density at radius 1 is 0.765 bits per heavy atom. The third kappa shape index (κ3) is 1.56. The van der Waals surface area contributed by atoms with Crippen molar-refractivity contribution in [2.45, 2.75) is 43.0 Å². The molecule has 4 fully saturated rings. The van der Waals surface area contributed by atoms with Gasteiger partial charge in [0.15, 0.2) is 0 Å². The van der Waals surface area contributed by atoms with E-state index in [2.05, 4.69) is 9.80 Å². The molecule has 1 aliphatic carbocycles. The van der Waals surface area contributed by atoms with Crippen LogP contribution >= 0.6 is 0 Å². The number of hydrogen-bond donors (Lipinski definition) is 1. The van der Waals surface area contributed by atoms with Crippen molar-refractivity contribution in [3.05, 3.63) is 0 Å². The fraction of sp³-hybridized carbons (Fsp3) is 1.00. The molecular formula is C11H20N2O4. The molecule has 3 aliphatic heterocycles. The molecule has 1 N–H and O–H groups in total. The second-order valence-electron chi connectivity index (χ2n) is 5.49. The largest absolute Gasteiger partial charge is 0.388 e. The number of aliphatic hydroxyl groups is 1. The van der Waals surface area contributed by atoms with Gasteiger partial charge in [-0.15, -0.1) is 0 Å². The molecule has 0 aromatic heterocycles. The molecule has 4 rings (SSSR count). The fourth-order valence-electron chi connectivity index (χ4n) is 3.31. The Balaban J connectivity index is 1.95. The lowest BCUT2D eigenvalue weighted by molar-refractivity contribution is -0.466. The molecule has 0 aromatic rings. The van der Waals surface area contributed by atoms with Crippen LogP contribution in [0.3, 0.4) is 0 Å². The van der Waals surface area contributed by atoms with Crippen molar-refractivity contribution in [3.8, 4) is 0 Å². The maximum Gasteiger partial charge on any atom is 0.272 e. The first kappa shape index (κ1) is 11.8. The van der Waals surface area contributed by atoms with Crippen LogP contribution in [0.2, 0.25) is 0 Å². The van der Waals surface area contributed by atoms with Gasteiger partial charge >= 0.3 is 0 Å². The van der Waals surface area contributed by atoms with Crippen molar-refractivity contribution >= 4 is 0 Å². The SMILES string of the molecule is CN(C)[C@@H]1C2OC3OC(C2O)[C@H](N(C)C)C1O3. The summed E-state index contributed by atoms with van der Waals surface area (Å²) in [5, 5.41) is 10.3. The van der Waals surface area contributed by atoms with E-state index in [1.165, 1.54) is 0 Å². The lowest BCUT2D eigenvalue weighted by atomic mass is 9.78. The van der Waals surface area contributed by atoms with Crippen LogP contribution in [0.5, 0.6) is 0 Å². The summed E-state index contributed by atoms with van der Waals surface area (Å²) in [6.45, 7) is -0.606. The van der Waals surface area contributed by atoms with Gasteiger partial charge in [0.05, 0.1) is 18.2 Å². The summed E-state index contributed by atoms with van der Waals surface area (Å²) in [7, 11) is 7.94. The molecule has 98 valence electrons. The molecule has 0 amide bonds. The number of nitrogens with zero attached hydrogens (tertiary/aromatic N) is 2. The molecule has 0 spiro atoms. The van der Waals surface area contributed by atoms with Gasteiger partial charge < -0.3 is 29.1 Å². The van der Waals surface area contributed by atoms with E-state index in [9.17, 15) is 5.11 Å². The van der Waals surface area contributed by atoms with E-state index in [4.69, 9.17) is 14.2 Å². The van der Waals surface area contributed by atoms with Crippen LogP contribution in [0.4, 0.5) is 0 Å². The van der Waals surface area contributed by atoms with Crippen LogP contribution in [0.25, 0.3) is 0 Å². The monoisotopic (exact) mass is 244 g/mol. The van der Waals surface area contributed by atoms with Gasteiger partial charge in [0.2, 0.25) is 0 Å². The van der Waals surface area contributed by atoms with E-state index in [1.807, 2.05) is 28.2 Å². The van der Waals surface area contributed by atoms with Gasteiger partial charge in [0.25, 0.3) is 6.48 Å². The van der Waals surface area contributed by atoms with E-state index >= 15 is 0 Å². The Morgan fingerprint density at radius 2 is 1.18 bits per heavy atom. The van der Waals surface area contributed by atoms with Crippen LogP contribution in [0.1, 0.15) is 0 Å². The van der Waals surface area contributed by atoms with Crippen molar-refractivity contribution in [2.75, 3.05) is 28.2 Å². The Labute approximate surface area is 101 Å². The lowest BCUT2D eigenvalue weighted by Gasteiger charge is -2.61. The van der Waals surface area contributed by atoms with Gasteiger partial charge in [-0.1, -0.05) is 0 Å². The number of hydrogen-bond acceptors (Lipinski definition) is 6. The number of aliphatic hydroxyl groups excluding tert-OH is 1. The Kier molecular flexibility index (Phi) is 2.70. The molecule has 3 saturated heterocycles. The van der Waals surface area contributed by atoms with Gasteiger partial charge in [-0.25, -0.2) is 0 Å². The highest BCUT2D eigenvalue weighted by atomic mass is 16.9. The summed E-state index contributed by atoms with van der Waals surface area (Å²) >= 11 is 0. The normalized spacial score (nSPS) is 52.8. The van der Waals surface area contributed by atoms with Crippen LogP contribution in [-0.2, 0) is 14.2 Å². The Hall–Kier alpha value is -0.240. The topological polar surface area (TPSA) is 54.4 Å². The van der Waals surface area contributed by atoms with Gasteiger partial charge in [-0.3, -0.25) is 0 Å². The Bertz CT molecular complexity index is 286. The first-order chi connectivity index (χ1) is 8.00. The first-order valence-corrected chi connectivity index (χ1v) is 5.98. The minimum atomic E-state index is -0.606. The number of likely N-dealkylation sites (N-methyl/N-ethyl adjacent to an activating group) is 2. The lowest BCUT2D eigenvalue weighted by Crippen LogP contribution is -2.79. The number of ether oxygens (including phenoxy) is 3. The summed E-state index contributed by atoms with van der Waals surface area (Å²) in [5.41, 5.74) is 0. The van der Waals surface area contributed by atoms with E-state index in [-0.39, 0.29) is 30.4 Å². The maximum absolute atomic E-state index is 10.3. The molecule has 6 nitrogen and oxygen atoms in total. The molecule has 4 aliphatic rings. The zero-order valence-electron chi connectivity index (χ0n) is 10.6. The molecule has 5 unspecified atom stereocenters. The van der Waals surface area contributed by atoms with Gasteiger partial charge in [-0.2, -0.15) is 0 Å². The van der Waals surface area contributed by atoms with Crippen LogP contribution in [0, 0.1) is 0 Å². The van der Waals surface area contributed by atoms with E-state index in [0.29, 0.717) is 0 Å². The highest BCUT2D eigenvalue weighted by Crippen LogP contribution is 2.42. The van der Waals surface area contributed by atoms with Gasteiger partial charge in [0.1, 0.15) is 18.3 Å². The summed E-state index contributed by atoms with van der Waals surface area (Å²) in [6, 6.07) is 0.127. The zero-order chi connectivity index (χ0) is 12.3. The van der Waals surface area contributed by atoms with Crippen LogP contribution in [0.15, 0.2) is 0 Å². The predicted molar refractivity (Wildman–Crippen MR) is 59.4 cm³/mol. The summed E-state index contributed by atoms with van der Waals surface area (Å²) < 4.78 is 16.9. The van der Waals surface area contributed by atoms with E-state index in [1.54, 1.807) is 0 Å². The summed E-state index contributed by atoms with van der Waals surface area (Å²) in [6.07, 6.45) is -1.01. The minimum Gasteiger partial charge on any atom is -0.388 e. The maximum atomic E-state index is 10.3. The molecule has 7 atom stereocenters. The van der Waals surface area contributed by atoms with Crippen molar-refractivity contribution in [1.82, 2.24) is 9.80 Å².